The predicted octanol–water partition coefficient (Wildman–Crippen LogP) is 2.55. The molecular formula is C18H27N5O. The maximum absolute atomic E-state index is 5.44. The van der Waals surface area contributed by atoms with Crippen LogP contribution >= 0.6 is 0 Å². The van der Waals surface area contributed by atoms with Gasteiger partial charge in [0.25, 0.3) is 0 Å². The van der Waals surface area contributed by atoms with Gasteiger partial charge in [0.2, 0.25) is 0 Å². The van der Waals surface area contributed by atoms with Gasteiger partial charge in [0.1, 0.15) is 11.6 Å². The highest BCUT2D eigenvalue weighted by molar-refractivity contribution is 5.41. The Kier molecular flexibility index (Phi) is 4.85. The van der Waals surface area contributed by atoms with Gasteiger partial charge in [0.05, 0.1) is 24.6 Å². The normalized spacial score (nSPS) is 16.5. The molecule has 24 heavy (non-hydrogen) atoms. The van der Waals surface area contributed by atoms with Gasteiger partial charge in [-0.25, -0.2) is 9.97 Å². The van der Waals surface area contributed by atoms with Crippen molar-refractivity contribution in [3.63, 3.8) is 0 Å². The molecule has 130 valence electrons. The van der Waals surface area contributed by atoms with E-state index >= 15 is 0 Å². The molecule has 0 bridgehead atoms. The van der Waals surface area contributed by atoms with Crippen LogP contribution in [0.15, 0.2) is 6.07 Å². The smallest absolute Gasteiger partial charge is 0.132 e. The maximum Gasteiger partial charge on any atom is 0.132 e. The molecule has 6 nitrogen and oxygen atoms in total. The molecule has 0 aromatic carbocycles. The van der Waals surface area contributed by atoms with Gasteiger partial charge >= 0.3 is 0 Å². The molecule has 6 heteroatoms. The zero-order valence-corrected chi connectivity index (χ0v) is 15.3. The third kappa shape index (κ3) is 3.43. The van der Waals surface area contributed by atoms with Gasteiger partial charge in [-0.3, -0.25) is 4.68 Å². The first-order chi connectivity index (χ1) is 11.5. The molecule has 2 aromatic rings. The van der Waals surface area contributed by atoms with E-state index in [9.17, 15) is 0 Å². The van der Waals surface area contributed by atoms with Crippen LogP contribution in [0, 0.1) is 27.7 Å². The number of rotatable bonds is 4. The predicted molar refractivity (Wildman–Crippen MR) is 94.7 cm³/mol. The van der Waals surface area contributed by atoms with Crippen LogP contribution < -0.4 is 4.90 Å². The van der Waals surface area contributed by atoms with Gasteiger partial charge in [0.15, 0.2) is 0 Å². The van der Waals surface area contributed by atoms with Crippen LogP contribution in [0.3, 0.4) is 0 Å². The Balaban J connectivity index is 1.82. The first-order valence-electron chi connectivity index (χ1n) is 8.64. The fourth-order valence-electron chi connectivity index (χ4n) is 3.10. The van der Waals surface area contributed by atoms with Crippen molar-refractivity contribution in [1.29, 1.82) is 0 Å². The summed E-state index contributed by atoms with van der Waals surface area (Å²) in [5.74, 6) is 2.12. The van der Waals surface area contributed by atoms with E-state index in [1.54, 1.807) is 0 Å². The maximum atomic E-state index is 5.44. The van der Waals surface area contributed by atoms with E-state index in [4.69, 9.17) is 4.74 Å². The Bertz CT molecular complexity index is 718. The van der Waals surface area contributed by atoms with Crippen LogP contribution in [0.2, 0.25) is 0 Å². The van der Waals surface area contributed by atoms with Gasteiger partial charge < -0.3 is 9.64 Å². The standard InChI is InChI=1S/C18H27N5O/c1-12(11-23-15(4)13(2)14(3)21-23)17-10-18(20-16(5)19-17)22-6-8-24-9-7-22/h10,12H,6-9,11H2,1-5H3/t12-/m1/s1. The van der Waals surface area contributed by atoms with Crippen LogP contribution in [0.5, 0.6) is 0 Å². The number of anilines is 1. The second-order valence-corrected chi connectivity index (χ2v) is 6.68. The summed E-state index contributed by atoms with van der Waals surface area (Å²) in [6, 6.07) is 2.13. The molecule has 1 saturated heterocycles. The summed E-state index contributed by atoms with van der Waals surface area (Å²) in [5, 5.41) is 4.66. The molecule has 1 aliphatic heterocycles. The average Bonchev–Trinajstić information content (AvgIpc) is 2.82. The van der Waals surface area contributed by atoms with Gasteiger partial charge in [-0.1, -0.05) is 6.92 Å². The van der Waals surface area contributed by atoms with Gasteiger partial charge in [-0.05, 0) is 33.3 Å². The number of nitrogens with zero attached hydrogens (tertiary/aromatic N) is 5. The van der Waals surface area contributed by atoms with Crippen LogP contribution in [-0.2, 0) is 11.3 Å². The Morgan fingerprint density at radius 2 is 1.83 bits per heavy atom. The second-order valence-electron chi connectivity index (χ2n) is 6.68. The highest BCUT2D eigenvalue weighted by Crippen LogP contribution is 2.22. The fourth-order valence-corrected chi connectivity index (χ4v) is 3.10. The van der Waals surface area contributed by atoms with E-state index in [-0.39, 0.29) is 5.92 Å². The zero-order chi connectivity index (χ0) is 17.3. The van der Waals surface area contributed by atoms with Crippen LogP contribution in [0.25, 0.3) is 0 Å². The minimum Gasteiger partial charge on any atom is -0.378 e. The summed E-state index contributed by atoms with van der Waals surface area (Å²) in [5.41, 5.74) is 4.69. The molecule has 1 aliphatic rings. The van der Waals surface area contributed by atoms with Crippen molar-refractivity contribution in [3.8, 4) is 0 Å². The number of aryl methyl sites for hydroxylation is 2. The van der Waals surface area contributed by atoms with Crippen molar-refractivity contribution in [2.45, 2.75) is 47.1 Å². The number of ether oxygens (including phenoxy) is 1. The molecule has 0 unspecified atom stereocenters. The molecule has 1 fully saturated rings. The Morgan fingerprint density at radius 1 is 1.12 bits per heavy atom. The summed E-state index contributed by atoms with van der Waals surface area (Å²) in [6.07, 6.45) is 0. The fraction of sp³-hybridized carbons (Fsp3) is 0.611. The summed E-state index contributed by atoms with van der Waals surface area (Å²) in [7, 11) is 0. The third-order valence-electron chi connectivity index (χ3n) is 4.87. The lowest BCUT2D eigenvalue weighted by Gasteiger charge is -2.28. The van der Waals surface area contributed by atoms with Crippen molar-refractivity contribution in [2.75, 3.05) is 31.2 Å². The lowest BCUT2D eigenvalue weighted by Crippen LogP contribution is -2.37. The third-order valence-corrected chi connectivity index (χ3v) is 4.87. The van der Waals surface area contributed by atoms with Crippen molar-refractivity contribution < 1.29 is 4.74 Å². The van der Waals surface area contributed by atoms with Crippen molar-refractivity contribution in [3.05, 3.63) is 34.5 Å². The van der Waals surface area contributed by atoms with Crippen LogP contribution in [-0.4, -0.2) is 46.1 Å². The van der Waals surface area contributed by atoms with Crippen molar-refractivity contribution >= 4 is 5.82 Å². The molecule has 0 radical (unpaired) electrons. The molecule has 3 rings (SSSR count). The molecule has 2 aromatic heterocycles. The minimum absolute atomic E-state index is 0.281. The first kappa shape index (κ1) is 16.9. The molecule has 3 heterocycles. The molecule has 1 atom stereocenters. The Morgan fingerprint density at radius 3 is 2.46 bits per heavy atom. The number of aromatic nitrogens is 4. The monoisotopic (exact) mass is 329 g/mol. The highest BCUT2D eigenvalue weighted by Gasteiger charge is 2.18. The lowest BCUT2D eigenvalue weighted by atomic mass is 10.1. The molecule has 0 spiro atoms. The van der Waals surface area contributed by atoms with Gasteiger partial charge in [-0.2, -0.15) is 5.10 Å². The van der Waals surface area contributed by atoms with Crippen molar-refractivity contribution in [1.82, 2.24) is 19.7 Å². The van der Waals surface area contributed by atoms with E-state index in [1.165, 1.54) is 11.3 Å². The minimum atomic E-state index is 0.281. The van der Waals surface area contributed by atoms with Crippen LogP contribution in [0.4, 0.5) is 5.82 Å². The average molecular weight is 329 g/mol. The highest BCUT2D eigenvalue weighted by atomic mass is 16.5. The summed E-state index contributed by atoms with van der Waals surface area (Å²) in [4.78, 5) is 11.6. The Hall–Kier alpha value is -1.95. The lowest BCUT2D eigenvalue weighted by molar-refractivity contribution is 0.122. The molecule has 0 N–H and O–H groups in total. The van der Waals surface area contributed by atoms with E-state index in [0.29, 0.717) is 0 Å². The SMILES string of the molecule is Cc1nc([C@H](C)Cn2nc(C)c(C)c2C)cc(N2CCOCC2)n1. The van der Waals surface area contributed by atoms with Gasteiger partial charge in [-0.15, -0.1) is 0 Å². The second kappa shape index (κ2) is 6.89. The number of morpholine rings is 1. The van der Waals surface area contributed by atoms with E-state index < -0.39 is 0 Å². The van der Waals surface area contributed by atoms with E-state index in [0.717, 1.165) is 55.9 Å². The quantitative estimate of drug-likeness (QED) is 0.863. The van der Waals surface area contributed by atoms with Crippen LogP contribution in [0.1, 0.15) is 41.3 Å². The summed E-state index contributed by atoms with van der Waals surface area (Å²) in [6.45, 7) is 14.6. The molecular weight excluding hydrogens is 302 g/mol. The first-order valence-corrected chi connectivity index (χ1v) is 8.64. The number of hydrogen-bond donors (Lipinski definition) is 0. The van der Waals surface area contributed by atoms with E-state index in [1.807, 2.05) is 6.92 Å². The topological polar surface area (TPSA) is 56.1 Å². The largest absolute Gasteiger partial charge is 0.378 e. The summed E-state index contributed by atoms with van der Waals surface area (Å²) < 4.78 is 7.54. The molecule has 0 saturated carbocycles. The molecule has 0 aliphatic carbocycles. The van der Waals surface area contributed by atoms with Crippen molar-refractivity contribution in [2.24, 2.45) is 0 Å². The summed E-state index contributed by atoms with van der Waals surface area (Å²) >= 11 is 0. The van der Waals surface area contributed by atoms with Gasteiger partial charge in [0, 0.05) is 37.3 Å². The molecule has 0 amide bonds. The number of hydrogen-bond acceptors (Lipinski definition) is 5. The zero-order valence-electron chi connectivity index (χ0n) is 15.3. The van der Waals surface area contributed by atoms with E-state index in [2.05, 4.69) is 58.4 Å². The Labute approximate surface area is 143 Å².